The fraction of sp³-hybridized carbons (Fsp3) is 0.250. The van der Waals surface area contributed by atoms with Crippen molar-refractivity contribution in [2.45, 2.75) is 12.5 Å². The zero-order valence-corrected chi connectivity index (χ0v) is 17.4. The summed E-state index contributed by atoms with van der Waals surface area (Å²) in [5, 5.41) is 25.6. The van der Waals surface area contributed by atoms with Crippen molar-refractivity contribution >= 4 is 29.5 Å². The molecular formula is C20H21ClN6O4. The van der Waals surface area contributed by atoms with Crippen LogP contribution in [0.15, 0.2) is 48.5 Å². The predicted molar refractivity (Wildman–Crippen MR) is 114 cm³/mol. The number of ether oxygens (including phenoxy) is 1. The van der Waals surface area contributed by atoms with E-state index in [1.54, 1.807) is 0 Å². The van der Waals surface area contributed by atoms with Gasteiger partial charge in [0.05, 0.1) is 6.61 Å². The Balaban J connectivity index is 1.72. The fourth-order valence-corrected chi connectivity index (χ4v) is 3.21. The van der Waals surface area contributed by atoms with Gasteiger partial charge in [0.25, 0.3) is 5.95 Å². The highest BCUT2D eigenvalue weighted by atomic mass is 35.5. The molecule has 1 aromatic heterocycles. The Labute approximate surface area is 183 Å². The number of nitrogens with one attached hydrogen (secondary N) is 2. The fourth-order valence-electron chi connectivity index (χ4n) is 3.02. The first-order chi connectivity index (χ1) is 15.0. The maximum absolute atomic E-state index is 12.7. The van der Waals surface area contributed by atoms with Gasteiger partial charge in [-0.3, -0.25) is 5.32 Å². The lowest BCUT2D eigenvalue weighted by Gasteiger charge is -2.28. The summed E-state index contributed by atoms with van der Waals surface area (Å²) in [6.07, 6.45) is 0.434. The van der Waals surface area contributed by atoms with E-state index >= 15 is 0 Å². The van der Waals surface area contributed by atoms with Crippen molar-refractivity contribution in [3.63, 3.8) is 0 Å². The smallest absolute Gasteiger partial charge is 0.328 e. The molecule has 3 N–H and O–H groups in total. The number of methoxy groups -OCH3 is 1. The number of halogens is 1. The van der Waals surface area contributed by atoms with Crippen molar-refractivity contribution in [3.8, 4) is 11.1 Å². The summed E-state index contributed by atoms with van der Waals surface area (Å²) >= 11 is 6.06. The molecule has 2 amide bonds. The molecule has 10 nitrogen and oxygen atoms in total. The van der Waals surface area contributed by atoms with E-state index in [4.69, 9.17) is 16.3 Å². The van der Waals surface area contributed by atoms with Crippen molar-refractivity contribution in [1.29, 1.82) is 0 Å². The maximum atomic E-state index is 12.7. The van der Waals surface area contributed by atoms with Crippen LogP contribution in [0.2, 0.25) is 5.02 Å². The van der Waals surface area contributed by atoms with Crippen LogP contribution in [0, 0.1) is 0 Å². The maximum Gasteiger partial charge on any atom is 0.328 e. The molecule has 31 heavy (non-hydrogen) atoms. The number of aromatic nitrogens is 4. The highest BCUT2D eigenvalue weighted by Crippen LogP contribution is 2.23. The number of rotatable bonds is 9. The van der Waals surface area contributed by atoms with Gasteiger partial charge in [-0.15, -0.1) is 5.10 Å². The number of benzene rings is 2. The van der Waals surface area contributed by atoms with Gasteiger partial charge in [0.15, 0.2) is 6.04 Å². The zero-order valence-electron chi connectivity index (χ0n) is 16.7. The normalized spacial score (nSPS) is 11.7. The second-order valence-electron chi connectivity index (χ2n) is 6.63. The van der Waals surface area contributed by atoms with Crippen LogP contribution >= 0.6 is 11.6 Å². The number of aromatic amines is 1. The number of hydrogen-bond acceptors (Lipinski definition) is 6. The number of anilines is 1. The summed E-state index contributed by atoms with van der Waals surface area (Å²) in [6.45, 7) is -0.0246. The third kappa shape index (κ3) is 6.00. The van der Waals surface area contributed by atoms with Crippen LogP contribution in [0.25, 0.3) is 11.1 Å². The van der Waals surface area contributed by atoms with Crippen molar-refractivity contribution in [2.75, 3.05) is 25.6 Å². The number of aliphatic carboxylic acids is 1. The lowest BCUT2D eigenvalue weighted by Crippen LogP contribution is -2.50. The van der Waals surface area contributed by atoms with E-state index in [0.717, 1.165) is 16.7 Å². The number of amides is 2. The Bertz CT molecular complexity index is 1010. The van der Waals surface area contributed by atoms with E-state index in [2.05, 4.69) is 25.9 Å². The number of tetrazole rings is 1. The van der Waals surface area contributed by atoms with Crippen molar-refractivity contribution < 1.29 is 19.4 Å². The van der Waals surface area contributed by atoms with Crippen LogP contribution in [0.1, 0.15) is 5.56 Å². The molecule has 0 saturated heterocycles. The van der Waals surface area contributed by atoms with Crippen molar-refractivity contribution in [3.05, 3.63) is 59.1 Å². The molecule has 0 spiro atoms. The molecule has 0 bridgehead atoms. The summed E-state index contributed by atoms with van der Waals surface area (Å²) in [7, 11) is 1.37. The molecule has 11 heteroatoms. The topological polar surface area (TPSA) is 133 Å². The van der Waals surface area contributed by atoms with E-state index in [0.29, 0.717) is 11.4 Å². The van der Waals surface area contributed by atoms with Crippen molar-refractivity contribution in [1.82, 2.24) is 25.5 Å². The molecule has 0 fully saturated rings. The number of carboxylic acids is 1. The van der Waals surface area contributed by atoms with Gasteiger partial charge in [-0.25, -0.2) is 9.59 Å². The average molecular weight is 445 g/mol. The zero-order chi connectivity index (χ0) is 22.2. The molecule has 3 aromatic rings. The molecule has 162 valence electrons. The van der Waals surface area contributed by atoms with Gasteiger partial charge in [0.2, 0.25) is 0 Å². The van der Waals surface area contributed by atoms with Crippen LogP contribution in [-0.4, -0.2) is 68.9 Å². The molecule has 1 unspecified atom stereocenters. The Hall–Kier alpha value is -3.50. The molecule has 0 radical (unpaired) electrons. The van der Waals surface area contributed by atoms with Gasteiger partial charge in [-0.1, -0.05) is 53.1 Å². The Kier molecular flexibility index (Phi) is 7.52. The van der Waals surface area contributed by atoms with Crippen LogP contribution in [0.3, 0.4) is 0 Å². The number of H-pyrrole nitrogens is 1. The average Bonchev–Trinajstić information content (AvgIpc) is 3.26. The van der Waals surface area contributed by atoms with Gasteiger partial charge in [0.1, 0.15) is 0 Å². The second-order valence-corrected chi connectivity index (χ2v) is 7.06. The second kappa shape index (κ2) is 10.5. The molecule has 0 aliphatic heterocycles. The minimum Gasteiger partial charge on any atom is -0.480 e. The summed E-state index contributed by atoms with van der Waals surface area (Å²) < 4.78 is 4.99. The van der Waals surface area contributed by atoms with Crippen LogP contribution in [0.5, 0.6) is 0 Å². The summed E-state index contributed by atoms with van der Waals surface area (Å²) in [5.74, 6) is -1.23. The van der Waals surface area contributed by atoms with E-state index in [1.807, 2.05) is 48.5 Å². The lowest BCUT2D eigenvalue weighted by atomic mass is 10.0. The number of carboxylic acid groups (broad SMARTS) is 1. The number of carbonyl (C=O) groups is 2. The Morgan fingerprint density at radius 3 is 2.61 bits per heavy atom. The van der Waals surface area contributed by atoms with Gasteiger partial charge < -0.3 is 14.7 Å². The minimum absolute atomic E-state index is 0.0533. The first kappa shape index (κ1) is 22.2. The predicted octanol–water partition coefficient (Wildman–Crippen LogP) is 2.70. The summed E-state index contributed by atoms with van der Waals surface area (Å²) in [5.41, 5.74) is 2.93. The van der Waals surface area contributed by atoms with Gasteiger partial charge >= 0.3 is 12.0 Å². The quantitative estimate of drug-likeness (QED) is 0.462. The van der Waals surface area contributed by atoms with Crippen molar-refractivity contribution in [2.24, 2.45) is 0 Å². The number of urea groups is 1. The number of nitrogens with zero attached hydrogens (tertiary/aromatic N) is 4. The van der Waals surface area contributed by atoms with E-state index in [1.165, 1.54) is 12.0 Å². The molecule has 0 aliphatic carbocycles. The first-order valence-electron chi connectivity index (χ1n) is 9.35. The van der Waals surface area contributed by atoms with Crippen LogP contribution in [-0.2, 0) is 16.0 Å². The highest BCUT2D eigenvalue weighted by Gasteiger charge is 2.30. The van der Waals surface area contributed by atoms with E-state index in [-0.39, 0.29) is 19.1 Å². The van der Waals surface area contributed by atoms with E-state index in [9.17, 15) is 14.7 Å². The first-order valence-corrected chi connectivity index (χ1v) is 9.73. The third-order valence-corrected chi connectivity index (χ3v) is 4.80. The number of hydrogen-bond donors (Lipinski definition) is 3. The Morgan fingerprint density at radius 1 is 1.23 bits per heavy atom. The third-order valence-electron chi connectivity index (χ3n) is 4.56. The van der Waals surface area contributed by atoms with Gasteiger partial charge in [0, 0.05) is 18.7 Å². The molecule has 2 aromatic carbocycles. The molecule has 0 saturated carbocycles. The number of carbonyl (C=O) groups excluding carboxylic acids is 1. The molecular weight excluding hydrogens is 424 g/mol. The minimum atomic E-state index is -1.18. The summed E-state index contributed by atoms with van der Waals surface area (Å²) in [4.78, 5) is 25.6. The van der Waals surface area contributed by atoms with E-state index < -0.39 is 18.0 Å². The van der Waals surface area contributed by atoms with Crippen LogP contribution in [0.4, 0.5) is 10.7 Å². The van der Waals surface area contributed by atoms with Crippen LogP contribution < -0.4 is 5.32 Å². The molecule has 3 rings (SSSR count). The molecule has 0 aliphatic rings. The SMILES string of the molecule is COCC(C(=O)O)N(CCc1ccc(-c2cccc(Cl)c2)cc1)C(=O)Nc1nn[nH]n1. The highest BCUT2D eigenvalue weighted by molar-refractivity contribution is 6.30. The standard InChI is InChI=1S/C20H21ClN6O4/c1-31-12-17(18(28)29)27(20(30)22-19-23-25-26-24-19)10-9-13-5-7-14(8-6-13)15-3-2-4-16(21)11-15/h2-8,11,17H,9-10,12H2,1H3,(H,28,29)(H2,22,23,24,25,26,30). The molecule has 1 heterocycles. The van der Waals surface area contributed by atoms with Gasteiger partial charge in [-0.2, -0.15) is 5.21 Å². The Morgan fingerprint density at radius 2 is 2.00 bits per heavy atom. The lowest BCUT2D eigenvalue weighted by molar-refractivity contribution is -0.143. The monoisotopic (exact) mass is 444 g/mol. The summed E-state index contributed by atoms with van der Waals surface area (Å²) in [6, 6.07) is 13.5. The largest absolute Gasteiger partial charge is 0.480 e. The molecule has 1 atom stereocenters. The van der Waals surface area contributed by atoms with Gasteiger partial charge in [-0.05, 0) is 40.5 Å².